The second-order valence-corrected chi connectivity index (χ2v) is 5.44. The first-order valence-electron chi connectivity index (χ1n) is 5.86. The third-order valence-corrected chi connectivity index (χ3v) is 3.85. The molecule has 0 atom stereocenters. The Hall–Kier alpha value is -1.82. The second-order valence-electron chi connectivity index (χ2n) is 4.22. The Labute approximate surface area is 135 Å². The molecule has 2 N–H and O–H groups in total. The lowest BCUT2D eigenvalue weighted by Crippen LogP contribution is -2.01. The molecule has 0 aliphatic heterocycles. The topological polar surface area (TPSA) is 69.6 Å². The quantitative estimate of drug-likeness (QED) is 0.719. The number of halogens is 3. The van der Waals surface area contributed by atoms with E-state index in [1.54, 1.807) is 36.4 Å². The van der Waals surface area contributed by atoms with Gasteiger partial charge in [-0.3, -0.25) is 0 Å². The number of benzene rings is 2. The second kappa shape index (κ2) is 5.52. The molecule has 0 fully saturated rings. The van der Waals surface area contributed by atoms with Gasteiger partial charge in [-0.15, -0.1) is 5.10 Å². The molecule has 0 radical (unpaired) electrons. The number of nitrogens with two attached hydrogens (primary N) is 1. The van der Waals surface area contributed by atoms with Gasteiger partial charge in [0, 0.05) is 10.6 Å². The van der Waals surface area contributed by atoms with Crippen molar-refractivity contribution in [2.24, 2.45) is 0 Å². The van der Waals surface area contributed by atoms with Crippen molar-refractivity contribution in [3.8, 4) is 17.1 Å². The van der Waals surface area contributed by atoms with Crippen molar-refractivity contribution in [3.63, 3.8) is 0 Å². The van der Waals surface area contributed by atoms with Crippen molar-refractivity contribution in [2.45, 2.75) is 0 Å². The van der Waals surface area contributed by atoms with E-state index in [1.165, 1.54) is 4.68 Å². The highest BCUT2D eigenvalue weighted by atomic mass is 35.5. The number of rotatable bonds is 2. The normalized spacial score (nSPS) is 10.8. The molecule has 21 heavy (non-hydrogen) atoms. The Morgan fingerprint density at radius 3 is 2.67 bits per heavy atom. The van der Waals surface area contributed by atoms with Crippen molar-refractivity contribution < 1.29 is 0 Å². The van der Waals surface area contributed by atoms with Crippen LogP contribution in [0.4, 0.5) is 5.69 Å². The predicted molar refractivity (Wildman–Crippen MR) is 84.0 cm³/mol. The lowest BCUT2D eigenvalue weighted by atomic mass is 10.2. The zero-order valence-corrected chi connectivity index (χ0v) is 12.7. The molecule has 0 saturated heterocycles. The van der Waals surface area contributed by atoms with E-state index in [-0.39, 0.29) is 0 Å². The number of hydrogen-bond donors (Lipinski definition) is 1. The van der Waals surface area contributed by atoms with Crippen LogP contribution in [0.25, 0.3) is 17.1 Å². The van der Waals surface area contributed by atoms with Crippen LogP contribution < -0.4 is 5.73 Å². The molecule has 1 aromatic heterocycles. The van der Waals surface area contributed by atoms with Crippen molar-refractivity contribution in [3.05, 3.63) is 51.5 Å². The van der Waals surface area contributed by atoms with E-state index in [2.05, 4.69) is 15.5 Å². The van der Waals surface area contributed by atoms with Gasteiger partial charge in [0.1, 0.15) is 0 Å². The molecule has 0 saturated carbocycles. The molecule has 0 unspecified atom stereocenters. The van der Waals surface area contributed by atoms with Gasteiger partial charge >= 0.3 is 0 Å². The number of anilines is 1. The lowest BCUT2D eigenvalue weighted by Gasteiger charge is -2.09. The van der Waals surface area contributed by atoms with Crippen LogP contribution in [0, 0.1) is 0 Å². The van der Waals surface area contributed by atoms with E-state index in [1.807, 2.05) is 0 Å². The van der Waals surface area contributed by atoms with Crippen molar-refractivity contribution in [1.29, 1.82) is 0 Å². The molecule has 0 aliphatic carbocycles. The van der Waals surface area contributed by atoms with Gasteiger partial charge in [-0.2, -0.15) is 4.68 Å². The highest BCUT2D eigenvalue weighted by Crippen LogP contribution is 2.33. The van der Waals surface area contributed by atoms with Gasteiger partial charge in [-0.05, 0) is 40.8 Å². The Morgan fingerprint density at radius 1 is 1.05 bits per heavy atom. The largest absolute Gasteiger partial charge is 0.398 e. The van der Waals surface area contributed by atoms with Gasteiger partial charge in [0.15, 0.2) is 5.82 Å². The lowest BCUT2D eigenvalue weighted by molar-refractivity contribution is 0.791. The summed E-state index contributed by atoms with van der Waals surface area (Å²) in [4.78, 5) is 0. The first-order chi connectivity index (χ1) is 10.1. The number of nitrogens with zero attached hydrogens (tertiary/aromatic N) is 4. The van der Waals surface area contributed by atoms with E-state index >= 15 is 0 Å². The molecule has 0 aliphatic rings. The van der Waals surface area contributed by atoms with Crippen LogP contribution in [0.1, 0.15) is 0 Å². The summed E-state index contributed by atoms with van der Waals surface area (Å²) in [5, 5.41) is 13.0. The molecule has 1 heterocycles. The Kier molecular flexibility index (Phi) is 3.71. The van der Waals surface area contributed by atoms with E-state index in [9.17, 15) is 0 Å². The molecular formula is C13H8Cl3N5. The molecule has 0 amide bonds. The average molecular weight is 341 g/mol. The monoisotopic (exact) mass is 339 g/mol. The minimum absolute atomic E-state index is 0.381. The van der Waals surface area contributed by atoms with Gasteiger partial charge in [-0.25, -0.2) is 0 Å². The zero-order chi connectivity index (χ0) is 15.0. The van der Waals surface area contributed by atoms with E-state index < -0.39 is 0 Å². The highest BCUT2D eigenvalue weighted by Gasteiger charge is 2.17. The minimum atomic E-state index is 0.381. The van der Waals surface area contributed by atoms with E-state index in [0.29, 0.717) is 37.8 Å². The molecule has 106 valence electrons. The maximum absolute atomic E-state index is 6.22. The Balaban J connectivity index is 2.22. The summed E-state index contributed by atoms with van der Waals surface area (Å²) in [5.74, 6) is 0.427. The molecule has 2 aromatic carbocycles. The van der Waals surface area contributed by atoms with E-state index in [0.717, 1.165) is 0 Å². The molecule has 3 rings (SSSR count). The number of aromatic nitrogens is 4. The third kappa shape index (κ3) is 2.55. The summed E-state index contributed by atoms with van der Waals surface area (Å²) < 4.78 is 1.47. The van der Waals surface area contributed by atoms with Crippen molar-refractivity contribution >= 4 is 40.5 Å². The maximum atomic E-state index is 6.22. The first-order valence-corrected chi connectivity index (χ1v) is 6.99. The van der Waals surface area contributed by atoms with Crippen LogP contribution in [0.5, 0.6) is 0 Å². The molecular weight excluding hydrogens is 333 g/mol. The Bertz CT molecular complexity index is 799. The number of tetrazole rings is 1. The summed E-state index contributed by atoms with van der Waals surface area (Å²) in [6.45, 7) is 0. The summed E-state index contributed by atoms with van der Waals surface area (Å²) in [6.07, 6.45) is 0. The maximum Gasteiger partial charge on any atom is 0.188 e. The van der Waals surface area contributed by atoms with Crippen LogP contribution >= 0.6 is 34.8 Å². The van der Waals surface area contributed by atoms with Gasteiger partial charge < -0.3 is 5.73 Å². The molecule has 8 heteroatoms. The average Bonchev–Trinajstić information content (AvgIpc) is 2.93. The van der Waals surface area contributed by atoms with Crippen molar-refractivity contribution in [1.82, 2.24) is 20.2 Å². The fraction of sp³-hybridized carbons (Fsp3) is 0. The van der Waals surface area contributed by atoms with Crippen LogP contribution in [-0.2, 0) is 0 Å². The summed E-state index contributed by atoms with van der Waals surface area (Å²) >= 11 is 18.4. The summed E-state index contributed by atoms with van der Waals surface area (Å²) in [6, 6.07) is 10.3. The molecule has 3 aromatic rings. The molecule has 0 bridgehead atoms. The molecule has 5 nitrogen and oxygen atoms in total. The molecule has 0 spiro atoms. The van der Waals surface area contributed by atoms with Crippen LogP contribution in [0.15, 0.2) is 36.4 Å². The predicted octanol–water partition coefficient (Wildman–Crippen LogP) is 3.87. The SMILES string of the molecule is Nc1cccc(-c2nnnn2-c2cc(Cl)ccc2Cl)c1Cl. The zero-order valence-electron chi connectivity index (χ0n) is 10.5. The summed E-state index contributed by atoms with van der Waals surface area (Å²) in [7, 11) is 0. The van der Waals surface area contributed by atoms with Crippen molar-refractivity contribution in [2.75, 3.05) is 5.73 Å². The Morgan fingerprint density at radius 2 is 1.86 bits per heavy atom. The van der Waals surface area contributed by atoms with Gasteiger partial charge in [0.2, 0.25) is 0 Å². The smallest absolute Gasteiger partial charge is 0.188 e. The fourth-order valence-electron chi connectivity index (χ4n) is 1.89. The fourth-order valence-corrected chi connectivity index (χ4v) is 2.46. The van der Waals surface area contributed by atoms with E-state index in [4.69, 9.17) is 40.5 Å². The first kappa shape index (κ1) is 14.1. The third-order valence-electron chi connectivity index (χ3n) is 2.88. The van der Waals surface area contributed by atoms with Crippen LogP contribution in [0.3, 0.4) is 0 Å². The minimum Gasteiger partial charge on any atom is -0.398 e. The van der Waals surface area contributed by atoms with Gasteiger partial charge in [-0.1, -0.05) is 40.9 Å². The number of nitrogen functional groups attached to an aromatic ring is 1. The van der Waals surface area contributed by atoms with Crippen LogP contribution in [0.2, 0.25) is 15.1 Å². The van der Waals surface area contributed by atoms with Gasteiger partial charge in [0.25, 0.3) is 0 Å². The standard InChI is InChI=1S/C13H8Cl3N5/c14-7-4-5-9(15)11(6-7)21-13(18-19-20-21)8-2-1-3-10(17)12(8)16/h1-6H,17H2. The van der Waals surface area contributed by atoms with Gasteiger partial charge in [0.05, 0.1) is 21.4 Å². The highest BCUT2D eigenvalue weighted by molar-refractivity contribution is 6.36. The van der Waals surface area contributed by atoms with Crippen LogP contribution in [-0.4, -0.2) is 20.2 Å². The number of hydrogen-bond acceptors (Lipinski definition) is 4. The summed E-state index contributed by atoms with van der Waals surface area (Å²) in [5.41, 5.74) is 7.42.